The van der Waals surface area contributed by atoms with Gasteiger partial charge in [0.2, 0.25) is 0 Å². The van der Waals surface area contributed by atoms with Gasteiger partial charge in [0.05, 0.1) is 37.1 Å². The van der Waals surface area contributed by atoms with Crippen LogP contribution in [0, 0.1) is 0 Å². The zero-order valence-corrected chi connectivity index (χ0v) is 18.1. The fourth-order valence-corrected chi connectivity index (χ4v) is 4.38. The number of hydrogen-bond donors (Lipinski definition) is 0. The molecule has 1 saturated heterocycles. The quantitative estimate of drug-likeness (QED) is 0.600. The average Bonchev–Trinajstić information content (AvgIpc) is 3.35. The topological polar surface area (TPSA) is 104 Å². The molecule has 0 aromatic carbocycles. The number of carbonyl (C=O) groups excluding carboxylic acids is 2. The Balaban J connectivity index is 1.84. The van der Waals surface area contributed by atoms with E-state index in [4.69, 9.17) is 14.2 Å². The highest BCUT2D eigenvalue weighted by molar-refractivity contribution is 5.98. The smallest absolute Gasteiger partial charge is 0.326 e. The van der Waals surface area contributed by atoms with Crippen molar-refractivity contribution in [3.63, 3.8) is 0 Å². The number of rotatable bonds is 7. The van der Waals surface area contributed by atoms with Gasteiger partial charge in [-0.3, -0.25) is 14.4 Å². The molecule has 10 heteroatoms. The molecule has 2 aromatic heterocycles. The maximum atomic E-state index is 13.3. The first kappa shape index (κ1) is 21.5. The molecule has 31 heavy (non-hydrogen) atoms. The van der Waals surface area contributed by atoms with E-state index < -0.39 is 5.97 Å². The van der Waals surface area contributed by atoms with Crippen LogP contribution in [0.5, 0.6) is 0 Å². The van der Waals surface area contributed by atoms with Crippen molar-refractivity contribution in [2.24, 2.45) is 0 Å². The maximum Gasteiger partial charge on any atom is 0.326 e. The van der Waals surface area contributed by atoms with Gasteiger partial charge < -0.3 is 23.7 Å². The maximum absolute atomic E-state index is 13.3. The van der Waals surface area contributed by atoms with E-state index in [0.29, 0.717) is 31.0 Å². The number of fused-ring (bicyclic) bond motifs is 2. The minimum Gasteiger partial charge on any atom is -0.465 e. The van der Waals surface area contributed by atoms with E-state index in [-0.39, 0.29) is 48.8 Å². The first-order chi connectivity index (χ1) is 15.0. The molecule has 168 valence electrons. The molecule has 0 radical (unpaired) electrons. The molecule has 0 bridgehead atoms. The Bertz CT molecular complexity index is 1050. The molecule has 4 rings (SSSR count). The third kappa shape index (κ3) is 3.85. The molecule has 1 atom stereocenters. The molecule has 0 saturated carbocycles. The second-order valence-electron chi connectivity index (χ2n) is 7.99. The van der Waals surface area contributed by atoms with Crippen molar-refractivity contribution in [2.45, 2.75) is 51.7 Å². The van der Waals surface area contributed by atoms with Gasteiger partial charge in [-0.1, -0.05) is 0 Å². The Kier molecular flexibility index (Phi) is 6.10. The van der Waals surface area contributed by atoms with Crippen molar-refractivity contribution < 1.29 is 23.8 Å². The highest BCUT2D eigenvalue weighted by Gasteiger charge is 2.37. The number of amides is 1. The zero-order valence-electron chi connectivity index (χ0n) is 18.1. The number of methoxy groups -OCH3 is 1. The van der Waals surface area contributed by atoms with Gasteiger partial charge in [-0.05, 0) is 26.7 Å². The molecule has 0 N–H and O–H groups in total. The summed E-state index contributed by atoms with van der Waals surface area (Å²) >= 11 is 0. The molecule has 2 aromatic rings. The molecule has 4 heterocycles. The highest BCUT2D eigenvalue weighted by Crippen LogP contribution is 2.29. The lowest BCUT2D eigenvalue weighted by Gasteiger charge is -2.23. The third-order valence-electron chi connectivity index (χ3n) is 5.96. The summed E-state index contributed by atoms with van der Waals surface area (Å²) < 4.78 is 18.6. The van der Waals surface area contributed by atoms with Crippen LogP contribution in [0.2, 0.25) is 0 Å². The van der Waals surface area contributed by atoms with Crippen LogP contribution in [0.3, 0.4) is 0 Å². The highest BCUT2D eigenvalue weighted by atomic mass is 16.5. The molecule has 2 aliphatic rings. The second-order valence-corrected chi connectivity index (χ2v) is 7.99. The molecule has 2 aliphatic heterocycles. The number of hydrogen-bond acceptors (Lipinski definition) is 7. The summed E-state index contributed by atoms with van der Waals surface area (Å²) in [4.78, 5) is 40.5. The van der Waals surface area contributed by atoms with E-state index in [9.17, 15) is 14.4 Å². The van der Waals surface area contributed by atoms with Crippen LogP contribution in [0.25, 0.3) is 5.65 Å². The monoisotopic (exact) mass is 432 g/mol. The predicted octanol–water partition coefficient (Wildman–Crippen LogP) is 0.944. The first-order valence-corrected chi connectivity index (χ1v) is 10.6. The summed E-state index contributed by atoms with van der Waals surface area (Å²) in [6, 6.07) is 1.59. The minimum absolute atomic E-state index is 0.156. The zero-order chi connectivity index (χ0) is 22.1. The lowest BCUT2D eigenvalue weighted by molar-refractivity contribution is -0.143. The molecular weight excluding hydrogens is 404 g/mol. The van der Waals surface area contributed by atoms with Crippen LogP contribution in [0.15, 0.2) is 10.9 Å². The fourth-order valence-electron chi connectivity index (χ4n) is 4.38. The van der Waals surface area contributed by atoms with Crippen LogP contribution in [0.4, 0.5) is 0 Å². The lowest BCUT2D eigenvalue weighted by atomic mass is 9.97. The van der Waals surface area contributed by atoms with Crippen LogP contribution >= 0.6 is 0 Å². The normalized spacial score (nSPS) is 17.9. The van der Waals surface area contributed by atoms with E-state index in [2.05, 4.69) is 5.10 Å². The number of aromatic nitrogens is 3. The van der Waals surface area contributed by atoms with Gasteiger partial charge in [-0.15, -0.1) is 0 Å². The molecule has 0 unspecified atom stereocenters. The lowest BCUT2D eigenvalue weighted by Crippen LogP contribution is -2.37. The van der Waals surface area contributed by atoms with Gasteiger partial charge in [0.25, 0.3) is 11.5 Å². The Morgan fingerprint density at radius 2 is 2.06 bits per heavy atom. The standard InChI is InChI=1S/C21H28N4O6/c1-4-31-18(26)11-24-17-9-16(14-5-7-30-8-6-14)22-25(17)20(27)15-10-23(13(2)12-29-3)21(28)19(15)24/h9,13-14H,4-8,10-12H2,1-3H3/t13-/m0/s1. The van der Waals surface area contributed by atoms with E-state index in [1.807, 2.05) is 13.0 Å². The van der Waals surface area contributed by atoms with Gasteiger partial charge in [-0.25, -0.2) is 0 Å². The van der Waals surface area contributed by atoms with Gasteiger partial charge in [-0.2, -0.15) is 9.61 Å². The molecular formula is C21H28N4O6. The summed E-state index contributed by atoms with van der Waals surface area (Å²) in [6.45, 7) is 5.44. The van der Waals surface area contributed by atoms with Gasteiger partial charge in [0.1, 0.15) is 17.9 Å². The van der Waals surface area contributed by atoms with E-state index in [1.165, 1.54) is 4.52 Å². The van der Waals surface area contributed by atoms with Crippen molar-refractivity contribution in [3.05, 3.63) is 33.4 Å². The molecule has 1 fully saturated rings. The van der Waals surface area contributed by atoms with E-state index in [0.717, 1.165) is 18.5 Å². The van der Waals surface area contributed by atoms with Crippen LogP contribution in [-0.4, -0.2) is 70.5 Å². The van der Waals surface area contributed by atoms with Gasteiger partial charge in [0, 0.05) is 32.3 Å². The average molecular weight is 432 g/mol. The minimum atomic E-state index is -0.472. The predicted molar refractivity (Wildman–Crippen MR) is 110 cm³/mol. The Morgan fingerprint density at radius 1 is 1.32 bits per heavy atom. The van der Waals surface area contributed by atoms with Crippen molar-refractivity contribution in [2.75, 3.05) is 33.5 Å². The van der Waals surface area contributed by atoms with Crippen LogP contribution in [-0.2, 0) is 32.1 Å². The molecule has 0 spiro atoms. The summed E-state index contributed by atoms with van der Waals surface area (Å²) in [5.41, 5.74) is 1.44. The van der Waals surface area contributed by atoms with Crippen molar-refractivity contribution >= 4 is 17.5 Å². The number of carbonyl (C=O) groups is 2. The first-order valence-electron chi connectivity index (χ1n) is 10.6. The van der Waals surface area contributed by atoms with Gasteiger partial charge >= 0.3 is 5.97 Å². The Morgan fingerprint density at radius 3 is 2.74 bits per heavy atom. The van der Waals surface area contributed by atoms with Crippen molar-refractivity contribution in [1.82, 2.24) is 19.1 Å². The number of esters is 1. The Labute approximate surface area is 179 Å². The summed E-state index contributed by atoms with van der Waals surface area (Å²) in [5, 5.41) is 4.58. The largest absolute Gasteiger partial charge is 0.465 e. The number of ether oxygens (including phenoxy) is 3. The van der Waals surface area contributed by atoms with E-state index in [1.54, 1.807) is 23.5 Å². The van der Waals surface area contributed by atoms with E-state index >= 15 is 0 Å². The van der Waals surface area contributed by atoms with Crippen LogP contribution in [0.1, 0.15) is 54.4 Å². The second kappa shape index (κ2) is 8.80. The van der Waals surface area contributed by atoms with Gasteiger partial charge in [0.15, 0.2) is 0 Å². The summed E-state index contributed by atoms with van der Waals surface area (Å²) in [5.74, 6) is -0.592. The molecule has 10 nitrogen and oxygen atoms in total. The van der Waals surface area contributed by atoms with Crippen LogP contribution < -0.4 is 5.56 Å². The Hall–Kier alpha value is -2.72. The van der Waals surface area contributed by atoms with Crippen molar-refractivity contribution in [1.29, 1.82) is 0 Å². The fraction of sp³-hybridized carbons (Fsp3) is 0.619. The third-order valence-corrected chi connectivity index (χ3v) is 5.96. The SMILES string of the molecule is CCOC(=O)Cn1c2c(c(=O)n3nc(C4CCOCC4)cc13)CN([C@@H](C)COC)C2=O. The molecule has 1 amide bonds. The molecule has 0 aliphatic carbocycles. The number of nitrogens with zero attached hydrogens (tertiary/aromatic N) is 4. The van der Waals surface area contributed by atoms with Crippen molar-refractivity contribution in [3.8, 4) is 0 Å². The summed E-state index contributed by atoms with van der Waals surface area (Å²) in [7, 11) is 1.57. The summed E-state index contributed by atoms with van der Waals surface area (Å²) in [6.07, 6.45) is 1.63.